The quantitative estimate of drug-likeness (QED) is 0.649. The van der Waals surface area contributed by atoms with Gasteiger partial charge in [-0.1, -0.05) is 24.3 Å². The Kier molecular flexibility index (Phi) is 4.95. The Morgan fingerprint density at radius 2 is 1.96 bits per heavy atom. The van der Waals surface area contributed by atoms with Gasteiger partial charge >= 0.3 is 0 Å². The molecule has 27 heavy (non-hydrogen) atoms. The molecular weight excluding hydrogens is 340 g/mol. The van der Waals surface area contributed by atoms with Crippen LogP contribution in [0.5, 0.6) is 0 Å². The number of amides is 1. The van der Waals surface area contributed by atoms with Crippen molar-refractivity contribution in [2.45, 2.75) is 25.4 Å². The van der Waals surface area contributed by atoms with Crippen LogP contribution in [0.2, 0.25) is 0 Å². The van der Waals surface area contributed by atoms with Gasteiger partial charge in [-0.2, -0.15) is 5.10 Å². The number of hydrazine groups is 1. The second-order valence-electron chi connectivity index (χ2n) is 6.66. The van der Waals surface area contributed by atoms with E-state index in [1.165, 1.54) is 11.9 Å². The third-order valence-corrected chi connectivity index (χ3v) is 4.83. The summed E-state index contributed by atoms with van der Waals surface area (Å²) in [6, 6.07) is 15.9. The molecule has 2 heterocycles. The lowest BCUT2D eigenvalue weighted by molar-refractivity contribution is 0.0940. The van der Waals surface area contributed by atoms with E-state index in [-0.39, 0.29) is 11.9 Å². The van der Waals surface area contributed by atoms with Gasteiger partial charge in [-0.25, -0.2) is 9.67 Å². The number of nitrogens with one attached hydrogen (secondary N) is 3. The molecule has 1 aliphatic heterocycles. The van der Waals surface area contributed by atoms with Gasteiger partial charge < -0.3 is 5.32 Å². The van der Waals surface area contributed by atoms with Gasteiger partial charge in [0.25, 0.3) is 5.91 Å². The zero-order chi connectivity index (χ0) is 18.6. The highest BCUT2D eigenvalue weighted by Gasteiger charge is 2.17. The largest absolute Gasteiger partial charge is 0.346 e. The summed E-state index contributed by atoms with van der Waals surface area (Å²) in [6.45, 7) is 2.94. The maximum atomic E-state index is 12.6. The van der Waals surface area contributed by atoms with Crippen LogP contribution in [0.4, 0.5) is 0 Å². The summed E-state index contributed by atoms with van der Waals surface area (Å²) in [5.74, 6) is -0.0769. The van der Waals surface area contributed by atoms with Crippen LogP contribution in [-0.2, 0) is 0 Å². The van der Waals surface area contributed by atoms with Crippen molar-refractivity contribution in [1.29, 1.82) is 0 Å². The molecule has 1 aliphatic rings. The van der Waals surface area contributed by atoms with Crippen LogP contribution in [0.3, 0.4) is 0 Å². The molecule has 0 aliphatic carbocycles. The molecule has 7 heteroatoms. The van der Waals surface area contributed by atoms with Crippen LogP contribution < -0.4 is 16.2 Å². The third-order valence-electron chi connectivity index (χ3n) is 4.83. The first-order valence-corrected chi connectivity index (χ1v) is 9.05. The maximum Gasteiger partial charge on any atom is 0.251 e. The number of rotatable bonds is 5. The molecular formula is C20H22N6O. The number of carbonyl (C=O) groups is 1. The standard InChI is InChI=1S/C20H22N6O/c1-14(15-6-8-18(9-7-15)26-13-21-12-23-26)24-20(27)17-4-2-16(3-5-17)19-10-11-22-25-19/h2-9,12-14,19,22,25H,10-11H2,1H3,(H,24,27). The van der Waals surface area contributed by atoms with E-state index < -0.39 is 0 Å². The average Bonchev–Trinajstić information content (AvgIpc) is 3.42. The van der Waals surface area contributed by atoms with E-state index in [0.717, 1.165) is 24.2 Å². The molecule has 2 unspecified atom stereocenters. The van der Waals surface area contributed by atoms with E-state index >= 15 is 0 Å². The Hall–Kier alpha value is -3.03. The van der Waals surface area contributed by atoms with Crippen molar-refractivity contribution in [3.63, 3.8) is 0 Å². The number of hydrogen-bond donors (Lipinski definition) is 3. The van der Waals surface area contributed by atoms with E-state index in [1.54, 1.807) is 11.0 Å². The molecule has 1 aromatic heterocycles. The highest BCUT2D eigenvalue weighted by atomic mass is 16.1. The molecule has 7 nitrogen and oxygen atoms in total. The third kappa shape index (κ3) is 3.89. The highest BCUT2D eigenvalue weighted by Crippen LogP contribution is 2.20. The van der Waals surface area contributed by atoms with Gasteiger partial charge in [-0.15, -0.1) is 0 Å². The molecule has 1 saturated heterocycles. The van der Waals surface area contributed by atoms with Crippen LogP contribution in [0.1, 0.15) is 46.9 Å². The van der Waals surface area contributed by atoms with Crippen molar-refractivity contribution in [3.05, 3.63) is 77.9 Å². The highest BCUT2D eigenvalue weighted by molar-refractivity contribution is 5.94. The molecule has 1 amide bonds. The number of benzene rings is 2. The van der Waals surface area contributed by atoms with Crippen molar-refractivity contribution < 1.29 is 4.79 Å². The zero-order valence-electron chi connectivity index (χ0n) is 15.1. The molecule has 0 spiro atoms. The van der Waals surface area contributed by atoms with E-state index in [4.69, 9.17) is 0 Å². The fraction of sp³-hybridized carbons (Fsp3) is 0.250. The normalized spacial score (nSPS) is 17.6. The smallest absolute Gasteiger partial charge is 0.251 e. The molecule has 138 valence electrons. The predicted molar refractivity (Wildman–Crippen MR) is 102 cm³/mol. The molecule has 0 radical (unpaired) electrons. The first-order chi connectivity index (χ1) is 13.2. The van der Waals surface area contributed by atoms with Gasteiger partial charge in [0, 0.05) is 18.2 Å². The number of nitrogens with zero attached hydrogens (tertiary/aromatic N) is 3. The molecule has 3 N–H and O–H groups in total. The Labute approximate surface area is 157 Å². The molecule has 0 bridgehead atoms. The summed E-state index contributed by atoms with van der Waals surface area (Å²) in [6.07, 6.45) is 4.20. The van der Waals surface area contributed by atoms with Gasteiger partial charge in [0.15, 0.2) is 0 Å². The summed E-state index contributed by atoms with van der Waals surface area (Å²) in [7, 11) is 0. The van der Waals surface area contributed by atoms with Crippen LogP contribution in [0.15, 0.2) is 61.2 Å². The Balaban J connectivity index is 1.39. The molecule has 4 rings (SSSR count). The second kappa shape index (κ2) is 7.69. The zero-order valence-corrected chi connectivity index (χ0v) is 15.1. The predicted octanol–water partition coefficient (Wildman–Crippen LogP) is 2.30. The van der Waals surface area contributed by atoms with Crippen molar-refractivity contribution in [2.75, 3.05) is 6.54 Å². The first-order valence-electron chi connectivity index (χ1n) is 9.05. The lowest BCUT2D eigenvalue weighted by atomic mass is 10.0. The van der Waals surface area contributed by atoms with Gasteiger partial charge in [-0.05, 0) is 48.7 Å². The molecule has 2 aromatic carbocycles. The van der Waals surface area contributed by atoms with Crippen LogP contribution >= 0.6 is 0 Å². The monoisotopic (exact) mass is 362 g/mol. The number of aromatic nitrogens is 3. The summed E-state index contributed by atoms with van der Waals surface area (Å²) < 4.78 is 1.70. The molecule has 3 aromatic rings. The maximum absolute atomic E-state index is 12.6. The van der Waals surface area contributed by atoms with Crippen LogP contribution in [-0.4, -0.2) is 27.2 Å². The van der Waals surface area contributed by atoms with Gasteiger partial charge in [0.2, 0.25) is 0 Å². The molecule has 1 fully saturated rings. The van der Waals surface area contributed by atoms with Gasteiger partial charge in [0.1, 0.15) is 12.7 Å². The van der Waals surface area contributed by atoms with Crippen LogP contribution in [0, 0.1) is 0 Å². The second-order valence-corrected chi connectivity index (χ2v) is 6.66. The fourth-order valence-corrected chi connectivity index (χ4v) is 3.22. The Bertz CT molecular complexity index is 883. The summed E-state index contributed by atoms with van der Waals surface area (Å²) in [4.78, 5) is 16.5. The van der Waals surface area contributed by atoms with Crippen molar-refractivity contribution in [1.82, 2.24) is 30.9 Å². The average molecular weight is 362 g/mol. The summed E-state index contributed by atoms with van der Waals surface area (Å²) >= 11 is 0. The Morgan fingerprint density at radius 1 is 1.19 bits per heavy atom. The minimum Gasteiger partial charge on any atom is -0.346 e. The minimum absolute atomic E-state index is 0.0769. The van der Waals surface area contributed by atoms with E-state index in [9.17, 15) is 4.79 Å². The summed E-state index contributed by atoms with van der Waals surface area (Å²) in [5, 5.41) is 7.17. The van der Waals surface area contributed by atoms with E-state index in [2.05, 4.69) is 26.3 Å². The van der Waals surface area contributed by atoms with Crippen LogP contribution in [0.25, 0.3) is 5.69 Å². The molecule has 0 saturated carbocycles. The van der Waals surface area contributed by atoms with Crippen molar-refractivity contribution >= 4 is 5.91 Å². The fourth-order valence-electron chi connectivity index (χ4n) is 3.22. The van der Waals surface area contributed by atoms with Gasteiger partial charge in [0.05, 0.1) is 11.7 Å². The number of carbonyl (C=O) groups excluding carboxylic acids is 1. The lowest BCUT2D eigenvalue weighted by Gasteiger charge is -2.16. The van der Waals surface area contributed by atoms with E-state index in [1.807, 2.05) is 55.5 Å². The Morgan fingerprint density at radius 3 is 2.59 bits per heavy atom. The number of hydrogen-bond acceptors (Lipinski definition) is 5. The SMILES string of the molecule is CC(NC(=O)c1ccc(C2CCNN2)cc1)c1ccc(-n2cncn2)cc1. The topological polar surface area (TPSA) is 83.9 Å². The summed E-state index contributed by atoms with van der Waals surface area (Å²) in [5.41, 5.74) is 10.2. The van der Waals surface area contributed by atoms with Crippen molar-refractivity contribution in [3.8, 4) is 5.69 Å². The van der Waals surface area contributed by atoms with Crippen molar-refractivity contribution in [2.24, 2.45) is 0 Å². The lowest BCUT2D eigenvalue weighted by Crippen LogP contribution is -2.27. The van der Waals surface area contributed by atoms with E-state index in [0.29, 0.717) is 11.6 Å². The minimum atomic E-state index is -0.0947. The van der Waals surface area contributed by atoms with Gasteiger partial charge in [-0.3, -0.25) is 15.6 Å². The molecule has 2 atom stereocenters. The first kappa shape index (κ1) is 17.4.